The zero-order chi connectivity index (χ0) is 18.8. The number of hydrogen-bond acceptors (Lipinski definition) is 5. The number of aromatic nitrogens is 2. The van der Waals surface area contributed by atoms with Gasteiger partial charge in [-0.15, -0.1) is 0 Å². The van der Waals surface area contributed by atoms with Crippen LogP contribution >= 0.6 is 0 Å². The van der Waals surface area contributed by atoms with Crippen molar-refractivity contribution in [2.75, 3.05) is 26.1 Å². The predicted molar refractivity (Wildman–Crippen MR) is 94.5 cm³/mol. The molecule has 0 aliphatic rings. The molecule has 0 bridgehead atoms. The van der Waals surface area contributed by atoms with Crippen LogP contribution in [0.5, 0.6) is 0 Å². The number of nitrogens with zero attached hydrogens (tertiary/aromatic N) is 6. The van der Waals surface area contributed by atoms with Gasteiger partial charge in [-0.25, -0.2) is 4.99 Å². The molecule has 1 heterocycles. The Hall–Kier alpha value is -3.03. The number of imidazole rings is 1. The van der Waals surface area contributed by atoms with Crippen molar-refractivity contribution in [3.05, 3.63) is 46.8 Å². The van der Waals surface area contributed by atoms with Gasteiger partial charge in [0.05, 0.1) is 0 Å². The molecule has 0 N–H and O–H groups in total. The lowest BCUT2D eigenvalue weighted by atomic mass is 10.0. The molecule has 0 fully saturated rings. The van der Waals surface area contributed by atoms with Gasteiger partial charge in [-0.05, 0) is 19.1 Å². The summed E-state index contributed by atoms with van der Waals surface area (Å²) in [5.74, 6) is 0. The highest BCUT2D eigenvalue weighted by molar-refractivity contribution is 5.47. The van der Waals surface area contributed by atoms with Crippen molar-refractivity contribution in [2.45, 2.75) is 12.6 Å². The Kier molecular flexibility index (Phi) is 5.01. The number of rotatable bonds is 4. The van der Waals surface area contributed by atoms with E-state index >= 15 is 0 Å². The molecule has 0 saturated heterocycles. The van der Waals surface area contributed by atoms with E-state index in [1.54, 1.807) is 30.3 Å². The lowest BCUT2D eigenvalue weighted by Crippen LogP contribution is -2.32. The minimum atomic E-state index is -0.950. The molecule has 7 nitrogen and oxygen atoms in total. The van der Waals surface area contributed by atoms with Crippen LogP contribution in [0.25, 0.3) is 0 Å². The van der Waals surface area contributed by atoms with Crippen LogP contribution in [0.2, 0.25) is 0 Å². The Morgan fingerprint density at radius 2 is 1.52 bits per heavy atom. The second-order valence-electron chi connectivity index (χ2n) is 6.08. The lowest BCUT2D eigenvalue weighted by molar-refractivity contribution is 0.00494. The molecule has 1 atom stereocenters. The third-order valence-corrected chi connectivity index (χ3v) is 4.34. The van der Waals surface area contributed by atoms with Gasteiger partial charge >= 0.3 is 0 Å². The second kappa shape index (κ2) is 6.84. The van der Waals surface area contributed by atoms with E-state index in [2.05, 4.69) is 12.1 Å². The quantitative estimate of drug-likeness (QED) is 0.848. The molecular formula is C18H22N6O. The molecule has 2 aromatic rings. The highest BCUT2D eigenvalue weighted by Gasteiger charge is 2.27. The van der Waals surface area contributed by atoms with Gasteiger partial charge in [0.15, 0.2) is 17.1 Å². The van der Waals surface area contributed by atoms with Gasteiger partial charge in [0, 0.05) is 46.6 Å². The summed E-state index contributed by atoms with van der Waals surface area (Å²) in [5.41, 5.74) is 2.02. The molecule has 2 rings (SSSR count). The first-order valence-electron chi connectivity index (χ1n) is 7.74. The fourth-order valence-corrected chi connectivity index (χ4v) is 2.64. The number of ether oxygens (including phenoxy) is 1. The first-order chi connectivity index (χ1) is 11.8. The normalized spacial score (nSPS) is 12.8. The Balaban J connectivity index is 2.66. The summed E-state index contributed by atoms with van der Waals surface area (Å²) in [6.07, 6.45) is 0. The summed E-state index contributed by atoms with van der Waals surface area (Å²) in [6.45, 7) is 1.85. The van der Waals surface area contributed by atoms with Crippen molar-refractivity contribution in [3.63, 3.8) is 0 Å². The summed E-state index contributed by atoms with van der Waals surface area (Å²) in [7, 11) is 8.97. The standard InChI is InChI=1S/C18H22N6O/c1-18(25-6,13-7-9-14(10-8-13)22(2)3)21-17-23(4)15(11-19)16(12-20)24(17)5/h7-10H,1-6H3. The van der Waals surface area contributed by atoms with Gasteiger partial charge in [-0.3, -0.25) is 0 Å². The van der Waals surface area contributed by atoms with Crippen molar-refractivity contribution in [1.29, 1.82) is 10.5 Å². The van der Waals surface area contributed by atoms with E-state index in [0.29, 0.717) is 5.62 Å². The smallest absolute Gasteiger partial charge is 0.209 e. The van der Waals surface area contributed by atoms with E-state index in [1.807, 2.05) is 50.2 Å². The maximum Gasteiger partial charge on any atom is 0.209 e. The number of hydrogen-bond donors (Lipinski definition) is 0. The van der Waals surface area contributed by atoms with Gasteiger partial charge in [-0.1, -0.05) is 12.1 Å². The molecule has 1 aromatic heterocycles. The lowest BCUT2D eigenvalue weighted by Gasteiger charge is -2.25. The summed E-state index contributed by atoms with van der Waals surface area (Å²) < 4.78 is 8.88. The Bertz CT molecular complexity index is 880. The number of anilines is 1. The van der Waals surface area contributed by atoms with Crippen LogP contribution in [-0.2, 0) is 24.6 Å². The van der Waals surface area contributed by atoms with Gasteiger partial charge in [0.1, 0.15) is 12.1 Å². The Morgan fingerprint density at radius 3 is 1.88 bits per heavy atom. The van der Waals surface area contributed by atoms with Gasteiger partial charge < -0.3 is 18.8 Å². The number of benzene rings is 1. The monoisotopic (exact) mass is 338 g/mol. The molecule has 1 aromatic carbocycles. The third-order valence-electron chi connectivity index (χ3n) is 4.34. The fourth-order valence-electron chi connectivity index (χ4n) is 2.64. The van der Waals surface area contributed by atoms with Crippen molar-refractivity contribution >= 4 is 5.69 Å². The molecule has 7 heteroatoms. The molecule has 25 heavy (non-hydrogen) atoms. The van der Waals surface area contributed by atoms with Crippen molar-refractivity contribution in [2.24, 2.45) is 19.1 Å². The summed E-state index contributed by atoms with van der Waals surface area (Å²) in [5, 5.41) is 18.6. The number of methoxy groups -OCH3 is 1. The van der Waals surface area contributed by atoms with E-state index in [4.69, 9.17) is 9.73 Å². The average Bonchev–Trinajstić information content (AvgIpc) is 2.84. The third kappa shape index (κ3) is 3.15. The van der Waals surface area contributed by atoms with Crippen LogP contribution in [0.3, 0.4) is 0 Å². The topological polar surface area (TPSA) is 82.3 Å². The van der Waals surface area contributed by atoms with Crippen molar-refractivity contribution in [1.82, 2.24) is 9.13 Å². The minimum absolute atomic E-state index is 0.269. The SMILES string of the molecule is COC(C)(N=c1n(C)c(C#N)c(C#N)n1C)c1ccc(N(C)C)cc1. The van der Waals surface area contributed by atoms with E-state index < -0.39 is 5.72 Å². The summed E-state index contributed by atoms with van der Waals surface area (Å²) >= 11 is 0. The van der Waals surface area contributed by atoms with Crippen molar-refractivity contribution in [3.8, 4) is 12.1 Å². The zero-order valence-corrected chi connectivity index (χ0v) is 15.4. The summed E-state index contributed by atoms with van der Waals surface area (Å²) in [4.78, 5) is 6.73. The first kappa shape index (κ1) is 18.3. The highest BCUT2D eigenvalue weighted by Crippen LogP contribution is 2.27. The Labute approximate surface area is 147 Å². The largest absolute Gasteiger partial charge is 0.378 e. The molecule has 1 unspecified atom stereocenters. The molecule has 0 radical (unpaired) electrons. The Morgan fingerprint density at radius 1 is 1.04 bits per heavy atom. The van der Waals surface area contributed by atoms with Crippen LogP contribution in [0.4, 0.5) is 5.69 Å². The van der Waals surface area contributed by atoms with Crippen LogP contribution in [-0.4, -0.2) is 30.3 Å². The van der Waals surface area contributed by atoms with Crippen LogP contribution < -0.4 is 10.5 Å². The molecule has 0 amide bonds. The van der Waals surface area contributed by atoms with E-state index in [1.165, 1.54) is 0 Å². The second-order valence-corrected chi connectivity index (χ2v) is 6.08. The average molecular weight is 338 g/mol. The van der Waals surface area contributed by atoms with Gasteiger partial charge in [0.2, 0.25) is 5.62 Å². The van der Waals surface area contributed by atoms with E-state index in [9.17, 15) is 10.5 Å². The molecule has 0 spiro atoms. The highest BCUT2D eigenvalue weighted by atomic mass is 16.5. The van der Waals surface area contributed by atoms with Crippen molar-refractivity contribution < 1.29 is 4.74 Å². The molecule has 0 aliphatic heterocycles. The van der Waals surface area contributed by atoms with Crippen LogP contribution in [0, 0.1) is 22.7 Å². The summed E-state index contributed by atoms with van der Waals surface area (Å²) in [6, 6.07) is 12.0. The molecule has 0 saturated carbocycles. The number of nitriles is 2. The van der Waals surface area contributed by atoms with Crippen LogP contribution in [0.15, 0.2) is 29.3 Å². The molecule has 0 aliphatic carbocycles. The van der Waals surface area contributed by atoms with E-state index in [-0.39, 0.29) is 11.4 Å². The zero-order valence-electron chi connectivity index (χ0n) is 15.4. The maximum atomic E-state index is 9.31. The first-order valence-corrected chi connectivity index (χ1v) is 7.74. The molecule has 130 valence electrons. The maximum absolute atomic E-state index is 9.31. The minimum Gasteiger partial charge on any atom is -0.378 e. The molecular weight excluding hydrogens is 316 g/mol. The van der Waals surface area contributed by atoms with E-state index in [0.717, 1.165) is 11.3 Å². The van der Waals surface area contributed by atoms with Crippen LogP contribution in [0.1, 0.15) is 23.9 Å². The predicted octanol–water partition coefficient (Wildman–Crippen LogP) is 1.59. The van der Waals surface area contributed by atoms with Gasteiger partial charge in [-0.2, -0.15) is 10.5 Å². The fraction of sp³-hybridized carbons (Fsp3) is 0.389. The van der Waals surface area contributed by atoms with Gasteiger partial charge in [0.25, 0.3) is 0 Å².